The van der Waals surface area contributed by atoms with E-state index in [0.717, 1.165) is 36.0 Å². The monoisotopic (exact) mass is 221 g/mol. The van der Waals surface area contributed by atoms with Gasteiger partial charge in [0.2, 0.25) is 0 Å². The maximum atomic E-state index is 10.2. The molecule has 0 unspecified atom stereocenters. The number of benzene rings is 1. The second-order valence-electron chi connectivity index (χ2n) is 4.75. The number of hydrogen-bond donors (Lipinski definition) is 2. The first-order valence-electron chi connectivity index (χ1n) is 5.66. The molecule has 1 saturated carbocycles. The SMILES string of the molecule is COc1cc(C)c(C)c(C2(N)CCC2)c1O. The Hall–Kier alpha value is -1.22. The summed E-state index contributed by atoms with van der Waals surface area (Å²) >= 11 is 0. The first kappa shape index (κ1) is 11.3. The zero-order valence-corrected chi connectivity index (χ0v) is 10.1. The summed E-state index contributed by atoms with van der Waals surface area (Å²) in [7, 11) is 1.57. The molecule has 16 heavy (non-hydrogen) atoms. The normalized spacial score (nSPS) is 18.0. The van der Waals surface area contributed by atoms with Gasteiger partial charge in [0.15, 0.2) is 11.5 Å². The van der Waals surface area contributed by atoms with E-state index in [1.165, 1.54) is 0 Å². The zero-order valence-electron chi connectivity index (χ0n) is 10.1. The van der Waals surface area contributed by atoms with Crippen LogP contribution in [0.5, 0.6) is 11.5 Å². The highest BCUT2D eigenvalue weighted by molar-refractivity contribution is 5.56. The van der Waals surface area contributed by atoms with E-state index >= 15 is 0 Å². The summed E-state index contributed by atoms with van der Waals surface area (Å²) in [5.74, 6) is 0.739. The number of nitrogens with two attached hydrogens (primary N) is 1. The van der Waals surface area contributed by atoms with Crippen LogP contribution in [0.15, 0.2) is 6.07 Å². The highest BCUT2D eigenvalue weighted by atomic mass is 16.5. The minimum atomic E-state index is -0.354. The van der Waals surface area contributed by atoms with Crippen molar-refractivity contribution in [1.82, 2.24) is 0 Å². The van der Waals surface area contributed by atoms with Crippen LogP contribution in [0.1, 0.15) is 36.0 Å². The molecule has 0 aromatic heterocycles. The molecule has 1 fully saturated rings. The predicted octanol–water partition coefficient (Wildman–Crippen LogP) is 2.36. The third-order valence-electron chi connectivity index (χ3n) is 3.75. The summed E-state index contributed by atoms with van der Waals surface area (Å²) in [5.41, 5.74) is 9.02. The van der Waals surface area contributed by atoms with Gasteiger partial charge in [-0.3, -0.25) is 0 Å². The van der Waals surface area contributed by atoms with Crippen LogP contribution < -0.4 is 10.5 Å². The van der Waals surface area contributed by atoms with Crippen LogP contribution in [0.4, 0.5) is 0 Å². The van der Waals surface area contributed by atoms with E-state index in [1.54, 1.807) is 7.11 Å². The Kier molecular flexibility index (Phi) is 2.58. The van der Waals surface area contributed by atoms with E-state index in [-0.39, 0.29) is 11.3 Å². The van der Waals surface area contributed by atoms with E-state index < -0.39 is 0 Å². The molecule has 0 atom stereocenters. The molecule has 0 heterocycles. The molecular formula is C13H19NO2. The third kappa shape index (κ3) is 1.47. The summed E-state index contributed by atoms with van der Waals surface area (Å²) < 4.78 is 5.18. The Bertz CT molecular complexity index is 422. The zero-order chi connectivity index (χ0) is 11.9. The van der Waals surface area contributed by atoms with Crippen molar-refractivity contribution in [3.05, 3.63) is 22.8 Å². The summed E-state index contributed by atoms with van der Waals surface area (Å²) in [4.78, 5) is 0. The van der Waals surface area contributed by atoms with Crippen LogP contribution in [-0.2, 0) is 5.54 Å². The fourth-order valence-electron chi connectivity index (χ4n) is 2.44. The van der Waals surface area contributed by atoms with Crippen LogP contribution in [0.25, 0.3) is 0 Å². The second-order valence-corrected chi connectivity index (χ2v) is 4.75. The quantitative estimate of drug-likeness (QED) is 0.806. The van der Waals surface area contributed by atoms with Gasteiger partial charge in [-0.2, -0.15) is 0 Å². The summed E-state index contributed by atoms with van der Waals surface area (Å²) in [6, 6.07) is 1.86. The number of aryl methyl sites for hydroxylation is 1. The molecule has 3 heteroatoms. The molecule has 88 valence electrons. The Labute approximate surface area is 96.2 Å². The van der Waals surface area contributed by atoms with Crippen LogP contribution in [0.2, 0.25) is 0 Å². The van der Waals surface area contributed by atoms with Crippen molar-refractivity contribution < 1.29 is 9.84 Å². The van der Waals surface area contributed by atoms with Crippen molar-refractivity contribution in [2.45, 2.75) is 38.6 Å². The highest BCUT2D eigenvalue weighted by Gasteiger charge is 2.39. The fraction of sp³-hybridized carbons (Fsp3) is 0.538. The van der Waals surface area contributed by atoms with E-state index in [4.69, 9.17) is 10.5 Å². The van der Waals surface area contributed by atoms with Crippen molar-refractivity contribution in [2.75, 3.05) is 7.11 Å². The molecule has 0 radical (unpaired) electrons. The van der Waals surface area contributed by atoms with Crippen LogP contribution >= 0.6 is 0 Å². The highest BCUT2D eigenvalue weighted by Crippen LogP contribution is 2.47. The van der Waals surface area contributed by atoms with Gasteiger partial charge in [-0.05, 0) is 50.3 Å². The lowest BCUT2D eigenvalue weighted by atomic mass is 9.70. The molecule has 0 amide bonds. The lowest BCUT2D eigenvalue weighted by Gasteiger charge is -2.40. The molecule has 1 aromatic carbocycles. The number of phenolic OH excluding ortho intramolecular Hbond substituents is 1. The van der Waals surface area contributed by atoms with Crippen molar-refractivity contribution in [2.24, 2.45) is 5.73 Å². The first-order chi connectivity index (χ1) is 7.49. The molecule has 0 saturated heterocycles. The number of ether oxygens (including phenoxy) is 1. The average Bonchev–Trinajstić information content (AvgIpc) is 2.21. The number of rotatable bonds is 2. The molecule has 0 aliphatic heterocycles. The summed E-state index contributed by atoms with van der Waals surface area (Å²) in [6.07, 6.45) is 3.01. The van der Waals surface area contributed by atoms with Gasteiger partial charge < -0.3 is 15.6 Å². The summed E-state index contributed by atoms with van der Waals surface area (Å²) in [6.45, 7) is 4.03. The van der Waals surface area contributed by atoms with E-state index in [0.29, 0.717) is 5.75 Å². The Morgan fingerprint density at radius 3 is 2.44 bits per heavy atom. The molecule has 1 aliphatic carbocycles. The van der Waals surface area contributed by atoms with Crippen LogP contribution in [0.3, 0.4) is 0 Å². The number of phenols is 1. The van der Waals surface area contributed by atoms with Gasteiger partial charge in [0.25, 0.3) is 0 Å². The minimum absolute atomic E-state index is 0.216. The van der Waals surface area contributed by atoms with E-state index in [1.807, 2.05) is 19.9 Å². The van der Waals surface area contributed by atoms with Gasteiger partial charge in [-0.25, -0.2) is 0 Å². The fourth-order valence-corrected chi connectivity index (χ4v) is 2.44. The van der Waals surface area contributed by atoms with Gasteiger partial charge in [0.05, 0.1) is 7.11 Å². The topological polar surface area (TPSA) is 55.5 Å². The summed E-state index contributed by atoms with van der Waals surface area (Å²) in [5, 5.41) is 10.2. The molecular weight excluding hydrogens is 202 g/mol. The van der Waals surface area contributed by atoms with Crippen molar-refractivity contribution in [1.29, 1.82) is 0 Å². The Morgan fingerprint density at radius 1 is 1.38 bits per heavy atom. The van der Waals surface area contributed by atoms with Gasteiger partial charge in [-0.15, -0.1) is 0 Å². The van der Waals surface area contributed by atoms with Crippen molar-refractivity contribution >= 4 is 0 Å². The van der Waals surface area contributed by atoms with Gasteiger partial charge in [-0.1, -0.05) is 0 Å². The molecule has 0 spiro atoms. The van der Waals surface area contributed by atoms with Crippen molar-refractivity contribution in [3.63, 3.8) is 0 Å². The van der Waals surface area contributed by atoms with Gasteiger partial charge in [0, 0.05) is 11.1 Å². The number of aromatic hydroxyl groups is 1. The second kappa shape index (κ2) is 3.67. The predicted molar refractivity (Wildman–Crippen MR) is 63.8 cm³/mol. The lowest BCUT2D eigenvalue weighted by Crippen LogP contribution is -2.44. The van der Waals surface area contributed by atoms with Gasteiger partial charge >= 0.3 is 0 Å². The molecule has 3 N–H and O–H groups in total. The van der Waals surface area contributed by atoms with Crippen LogP contribution in [0, 0.1) is 13.8 Å². The minimum Gasteiger partial charge on any atom is -0.504 e. The van der Waals surface area contributed by atoms with Crippen LogP contribution in [-0.4, -0.2) is 12.2 Å². The molecule has 3 nitrogen and oxygen atoms in total. The Morgan fingerprint density at radius 2 is 2.00 bits per heavy atom. The largest absolute Gasteiger partial charge is 0.504 e. The van der Waals surface area contributed by atoms with Crippen molar-refractivity contribution in [3.8, 4) is 11.5 Å². The number of methoxy groups -OCH3 is 1. The van der Waals surface area contributed by atoms with Gasteiger partial charge in [0.1, 0.15) is 0 Å². The smallest absolute Gasteiger partial charge is 0.163 e. The number of hydrogen-bond acceptors (Lipinski definition) is 3. The first-order valence-corrected chi connectivity index (χ1v) is 5.66. The molecule has 2 rings (SSSR count). The molecule has 1 aromatic rings. The lowest BCUT2D eigenvalue weighted by molar-refractivity contribution is 0.241. The van der Waals surface area contributed by atoms with E-state index in [9.17, 15) is 5.11 Å². The maximum absolute atomic E-state index is 10.2. The molecule has 0 bridgehead atoms. The average molecular weight is 221 g/mol. The third-order valence-corrected chi connectivity index (χ3v) is 3.75. The molecule has 1 aliphatic rings. The van der Waals surface area contributed by atoms with E-state index in [2.05, 4.69) is 0 Å². The maximum Gasteiger partial charge on any atom is 0.163 e. The Balaban J connectivity index is 2.62. The standard InChI is InChI=1S/C13H19NO2/c1-8-7-10(16-3)12(15)11(9(8)2)13(14)5-4-6-13/h7,15H,4-6,14H2,1-3H3.